The molecule has 1 saturated carbocycles. The molecule has 2 aromatic rings. The van der Waals surface area contributed by atoms with E-state index in [9.17, 15) is 5.11 Å². The van der Waals surface area contributed by atoms with E-state index < -0.39 is 0 Å². The molecule has 1 heterocycles. The number of nitrogens with zero attached hydrogens (tertiary/aromatic N) is 3. The molecule has 4 rings (SSSR count). The monoisotopic (exact) mass is 283 g/mol. The average Bonchev–Trinajstić information content (AvgIpc) is 3.04. The standard InChI is InChI=1S/C17H21N3O/c21-11-15-13-6-8-16-17(9-7-14(13)15)20(19-18-16)10-12-4-2-1-3-5-12/h1-5,13-15,21H,6-11H2/t13-,14+,15-/m1/s1. The fourth-order valence-corrected chi connectivity index (χ4v) is 3.98. The minimum atomic E-state index is 0.356. The summed E-state index contributed by atoms with van der Waals surface area (Å²) in [7, 11) is 0. The number of benzene rings is 1. The molecule has 1 aromatic heterocycles. The molecule has 110 valence electrons. The molecular weight excluding hydrogens is 262 g/mol. The van der Waals surface area contributed by atoms with Gasteiger partial charge in [0.2, 0.25) is 0 Å². The number of fused-ring (bicyclic) bond motifs is 2. The molecule has 21 heavy (non-hydrogen) atoms. The van der Waals surface area contributed by atoms with Crippen molar-refractivity contribution in [2.24, 2.45) is 17.8 Å². The van der Waals surface area contributed by atoms with Crippen LogP contribution >= 0.6 is 0 Å². The first-order valence-corrected chi connectivity index (χ1v) is 7.93. The zero-order valence-corrected chi connectivity index (χ0v) is 12.2. The Labute approximate surface area is 124 Å². The van der Waals surface area contributed by atoms with E-state index in [-0.39, 0.29) is 0 Å². The normalized spacial score (nSPS) is 27.4. The summed E-state index contributed by atoms with van der Waals surface area (Å²) < 4.78 is 2.07. The second-order valence-electron chi connectivity index (χ2n) is 6.38. The van der Waals surface area contributed by atoms with Crippen LogP contribution in [0.25, 0.3) is 0 Å². The van der Waals surface area contributed by atoms with Gasteiger partial charge in [0.1, 0.15) is 0 Å². The van der Waals surface area contributed by atoms with Gasteiger partial charge in [-0.25, -0.2) is 4.68 Å². The molecule has 0 unspecified atom stereocenters. The number of rotatable bonds is 3. The predicted molar refractivity (Wildman–Crippen MR) is 79.8 cm³/mol. The SMILES string of the molecule is OC[C@H]1[C@H]2CCc3c(nnn3Cc3ccccc3)CC[C@@H]12. The summed E-state index contributed by atoms with van der Waals surface area (Å²) in [4.78, 5) is 0. The minimum absolute atomic E-state index is 0.356. The Morgan fingerprint density at radius 2 is 1.86 bits per heavy atom. The molecule has 4 heteroatoms. The molecule has 0 saturated heterocycles. The van der Waals surface area contributed by atoms with E-state index in [2.05, 4.69) is 39.3 Å². The highest BCUT2D eigenvalue weighted by atomic mass is 16.3. The lowest BCUT2D eigenvalue weighted by Crippen LogP contribution is -2.09. The van der Waals surface area contributed by atoms with Crippen molar-refractivity contribution in [3.63, 3.8) is 0 Å². The van der Waals surface area contributed by atoms with Gasteiger partial charge in [0, 0.05) is 6.61 Å². The van der Waals surface area contributed by atoms with Crippen LogP contribution < -0.4 is 0 Å². The van der Waals surface area contributed by atoms with E-state index in [1.807, 2.05) is 6.07 Å². The third-order valence-corrected chi connectivity index (χ3v) is 5.24. The molecule has 1 fully saturated rings. The smallest absolute Gasteiger partial charge is 0.0859 e. The molecular formula is C17H21N3O. The maximum atomic E-state index is 9.40. The number of aliphatic hydroxyl groups excluding tert-OH is 1. The molecule has 3 atom stereocenters. The summed E-state index contributed by atoms with van der Waals surface area (Å²) in [6.07, 6.45) is 4.40. The van der Waals surface area contributed by atoms with Crippen LogP contribution in [0.1, 0.15) is 29.8 Å². The zero-order chi connectivity index (χ0) is 14.2. The van der Waals surface area contributed by atoms with E-state index in [0.29, 0.717) is 12.5 Å². The Bertz CT molecular complexity index is 622. The van der Waals surface area contributed by atoms with Crippen LogP contribution in [0.5, 0.6) is 0 Å². The lowest BCUT2D eigenvalue weighted by Gasteiger charge is -2.10. The Balaban J connectivity index is 1.54. The number of aromatic nitrogens is 3. The number of hydrogen-bond donors (Lipinski definition) is 1. The molecule has 1 N–H and O–H groups in total. The Morgan fingerprint density at radius 1 is 1.10 bits per heavy atom. The van der Waals surface area contributed by atoms with Crippen LogP contribution in [0, 0.1) is 17.8 Å². The summed E-state index contributed by atoms with van der Waals surface area (Å²) in [5.41, 5.74) is 3.75. The summed E-state index contributed by atoms with van der Waals surface area (Å²) in [5.74, 6) is 2.00. The van der Waals surface area contributed by atoms with E-state index >= 15 is 0 Å². The summed E-state index contributed by atoms with van der Waals surface area (Å²) in [6.45, 7) is 1.16. The van der Waals surface area contributed by atoms with Crippen molar-refractivity contribution in [2.45, 2.75) is 32.2 Å². The Morgan fingerprint density at radius 3 is 2.62 bits per heavy atom. The van der Waals surface area contributed by atoms with Gasteiger partial charge >= 0.3 is 0 Å². The molecule has 4 nitrogen and oxygen atoms in total. The first-order chi connectivity index (χ1) is 10.4. The summed E-state index contributed by atoms with van der Waals surface area (Å²) in [5, 5.41) is 18.2. The van der Waals surface area contributed by atoms with Crippen molar-refractivity contribution in [1.29, 1.82) is 0 Å². The van der Waals surface area contributed by atoms with E-state index in [1.165, 1.54) is 23.4 Å². The highest BCUT2D eigenvalue weighted by Gasteiger charge is 2.49. The van der Waals surface area contributed by atoms with Crippen molar-refractivity contribution < 1.29 is 5.11 Å². The third-order valence-electron chi connectivity index (χ3n) is 5.24. The first kappa shape index (κ1) is 13.0. The average molecular weight is 283 g/mol. The van der Waals surface area contributed by atoms with Crippen LogP contribution in [0.3, 0.4) is 0 Å². The topological polar surface area (TPSA) is 50.9 Å². The van der Waals surface area contributed by atoms with Crippen molar-refractivity contribution in [1.82, 2.24) is 15.0 Å². The van der Waals surface area contributed by atoms with Crippen molar-refractivity contribution in [3.05, 3.63) is 47.3 Å². The molecule has 1 aromatic carbocycles. The number of hydrogen-bond acceptors (Lipinski definition) is 3. The van der Waals surface area contributed by atoms with Crippen molar-refractivity contribution >= 4 is 0 Å². The molecule has 2 aliphatic rings. The van der Waals surface area contributed by atoms with Crippen LogP contribution in [-0.2, 0) is 19.4 Å². The fourth-order valence-electron chi connectivity index (χ4n) is 3.98. The Hall–Kier alpha value is -1.68. The highest BCUT2D eigenvalue weighted by molar-refractivity contribution is 5.19. The maximum absolute atomic E-state index is 9.40. The maximum Gasteiger partial charge on any atom is 0.0859 e. The minimum Gasteiger partial charge on any atom is -0.396 e. The zero-order valence-electron chi connectivity index (χ0n) is 12.2. The van der Waals surface area contributed by atoms with E-state index in [0.717, 1.165) is 37.6 Å². The molecule has 2 aliphatic carbocycles. The van der Waals surface area contributed by atoms with Gasteiger partial charge in [0.05, 0.1) is 17.9 Å². The van der Waals surface area contributed by atoms with Crippen LogP contribution in [0.15, 0.2) is 30.3 Å². The lowest BCUT2D eigenvalue weighted by atomic mass is 10.0. The number of aryl methyl sites for hydroxylation is 1. The molecule has 0 spiro atoms. The first-order valence-electron chi connectivity index (χ1n) is 7.93. The van der Waals surface area contributed by atoms with E-state index in [4.69, 9.17) is 0 Å². The Kier molecular flexibility index (Phi) is 3.26. The van der Waals surface area contributed by atoms with Gasteiger partial charge in [0.25, 0.3) is 0 Å². The lowest BCUT2D eigenvalue weighted by molar-refractivity contribution is 0.262. The third kappa shape index (κ3) is 2.38. The van der Waals surface area contributed by atoms with E-state index in [1.54, 1.807) is 0 Å². The second kappa shape index (κ2) is 5.26. The second-order valence-corrected chi connectivity index (χ2v) is 6.38. The van der Waals surface area contributed by atoms with Crippen molar-refractivity contribution in [3.8, 4) is 0 Å². The van der Waals surface area contributed by atoms with Gasteiger partial charge in [-0.05, 0) is 49.0 Å². The molecule has 0 bridgehead atoms. The van der Waals surface area contributed by atoms with Gasteiger partial charge < -0.3 is 5.11 Å². The molecule has 0 aliphatic heterocycles. The van der Waals surface area contributed by atoms with Gasteiger partial charge in [-0.2, -0.15) is 0 Å². The highest BCUT2D eigenvalue weighted by Crippen LogP contribution is 2.52. The predicted octanol–water partition coefficient (Wildman–Crippen LogP) is 2.06. The summed E-state index contributed by atoms with van der Waals surface area (Å²) in [6, 6.07) is 10.4. The van der Waals surface area contributed by atoms with Crippen LogP contribution in [0.4, 0.5) is 0 Å². The largest absolute Gasteiger partial charge is 0.396 e. The van der Waals surface area contributed by atoms with Gasteiger partial charge in [-0.15, -0.1) is 5.10 Å². The van der Waals surface area contributed by atoms with Gasteiger partial charge in [0.15, 0.2) is 0 Å². The summed E-state index contributed by atoms with van der Waals surface area (Å²) >= 11 is 0. The van der Waals surface area contributed by atoms with Crippen LogP contribution in [0.2, 0.25) is 0 Å². The molecule has 0 radical (unpaired) electrons. The van der Waals surface area contributed by atoms with Crippen LogP contribution in [-0.4, -0.2) is 26.7 Å². The molecule has 0 amide bonds. The van der Waals surface area contributed by atoms with Gasteiger partial charge in [-0.3, -0.25) is 0 Å². The quantitative estimate of drug-likeness (QED) is 0.938. The van der Waals surface area contributed by atoms with Crippen molar-refractivity contribution in [2.75, 3.05) is 6.61 Å². The van der Waals surface area contributed by atoms with Gasteiger partial charge in [-0.1, -0.05) is 35.5 Å². The number of aliphatic hydroxyl groups is 1. The fraction of sp³-hybridized carbons (Fsp3) is 0.529.